The van der Waals surface area contributed by atoms with Gasteiger partial charge in [0.2, 0.25) is 11.6 Å². The Bertz CT molecular complexity index is 1050. The molecule has 11 nitrogen and oxygen atoms in total. The standard InChI is InChI=1S/C14H10N8O3S/c15-12-13(20-25-19-12)22-11(9-2-1-5-26-9)10(17-21-22)14(23)18-16-6-8-3-4-24-7-8/h1-7H,(H2,15,19)(H,18,23)/b16-6-. The van der Waals surface area contributed by atoms with Crippen molar-refractivity contribution < 1.29 is 13.8 Å². The van der Waals surface area contributed by atoms with Gasteiger partial charge in [0.25, 0.3) is 5.91 Å². The lowest BCUT2D eigenvalue weighted by atomic mass is 10.2. The molecular formula is C14H10N8O3S. The van der Waals surface area contributed by atoms with E-state index < -0.39 is 5.91 Å². The Morgan fingerprint density at radius 3 is 3.00 bits per heavy atom. The first kappa shape index (κ1) is 15.7. The molecule has 0 aliphatic carbocycles. The minimum Gasteiger partial charge on any atom is -0.472 e. The fourth-order valence-corrected chi connectivity index (χ4v) is 2.88. The van der Waals surface area contributed by atoms with Crippen molar-refractivity contribution in [2.45, 2.75) is 0 Å². The van der Waals surface area contributed by atoms with Crippen molar-refractivity contribution in [1.82, 2.24) is 30.7 Å². The van der Waals surface area contributed by atoms with E-state index in [0.717, 1.165) is 4.88 Å². The van der Waals surface area contributed by atoms with E-state index in [-0.39, 0.29) is 17.3 Å². The molecule has 4 heterocycles. The zero-order chi connectivity index (χ0) is 17.9. The van der Waals surface area contributed by atoms with E-state index in [4.69, 9.17) is 10.2 Å². The normalized spacial score (nSPS) is 11.2. The third kappa shape index (κ3) is 2.84. The number of thiophene rings is 1. The molecule has 4 aromatic rings. The molecule has 130 valence electrons. The van der Waals surface area contributed by atoms with Gasteiger partial charge in [0.15, 0.2) is 5.69 Å². The molecule has 1 amide bonds. The van der Waals surface area contributed by atoms with Gasteiger partial charge in [0.1, 0.15) is 5.69 Å². The summed E-state index contributed by atoms with van der Waals surface area (Å²) < 4.78 is 10.8. The van der Waals surface area contributed by atoms with Crippen molar-refractivity contribution in [2.24, 2.45) is 5.10 Å². The van der Waals surface area contributed by atoms with Gasteiger partial charge in [-0.25, -0.2) is 10.1 Å². The van der Waals surface area contributed by atoms with Crippen molar-refractivity contribution in [3.05, 3.63) is 47.4 Å². The van der Waals surface area contributed by atoms with Gasteiger partial charge in [-0.1, -0.05) is 11.3 Å². The van der Waals surface area contributed by atoms with Crippen molar-refractivity contribution in [1.29, 1.82) is 0 Å². The van der Waals surface area contributed by atoms with Crippen LogP contribution in [0.3, 0.4) is 0 Å². The quantitative estimate of drug-likeness (QED) is 0.394. The van der Waals surface area contributed by atoms with Crippen molar-refractivity contribution >= 4 is 29.3 Å². The number of hydrogen-bond acceptors (Lipinski definition) is 10. The van der Waals surface area contributed by atoms with Gasteiger partial charge >= 0.3 is 0 Å². The molecule has 0 fully saturated rings. The first-order chi connectivity index (χ1) is 12.7. The number of carbonyl (C=O) groups excluding carboxylic acids is 1. The number of furan rings is 1. The van der Waals surface area contributed by atoms with Crippen molar-refractivity contribution in [3.8, 4) is 16.4 Å². The molecule has 26 heavy (non-hydrogen) atoms. The second kappa shape index (κ2) is 6.60. The molecule has 0 atom stereocenters. The molecule has 0 bridgehead atoms. The van der Waals surface area contributed by atoms with E-state index in [2.05, 4.69) is 35.8 Å². The summed E-state index contributed by atoms with van der Waals surface area (Å²) in [5, 5.41) is 20.9. The molecule has 0 saturated heterocycles. The second-order valence-corrected chi connectivity index (χ2v) is 5.85. The van der Waals surface area contributed by atoms with Crippen LogP contribution in [0, 0.1) is 0 Å². The first-order valence-electron chi connectivity index (χ1n) is 7.17. The molecule has 4 rings (SSSR count). The number of nitrogen functional groups attached to an aromatic ring is 1. The Kier molecular flexibility index (Phi) is 3.99. The SMILES string of the molecule is Nc1nonc1-n1nnc(C(=O)N/N=C\c2ccoc2)c1-c1cccs1. The maximum atomic E-state index is 12.5. The largest absolute Gasteiger partial charge is 0.472 e. The fourth-order valence-electron chi connectivity index (χ4n) is 2.12. The predicted octanol–water partition coefficient (Wildman–Crippen LogP) is 1.32. The van der Waals surface area contributed by atoms with Gasteiger partial charge in [-0.15, -0.1) is 16.4 Å². The van der Waals surface area contributed by atoms with Gasteiger partial charge < -0.3 is 10.2 Å². The number of amides is 1. The molecule has 0 aliphatic rings. The molecule has 0 aliphatic heterocycles. The summed E-state index contributed by atoms with van der Waals surface area (Å²) >= 11 is 1.40. The van der Waals surface area contributed by atoms with Crippen LogP contribution in [-0.2, 0) is 0 Å². The van der Waals surface area contributed by atoms with Crippen LogP contribution in [0.2, 0.25) is 0 Å². The van der Waals surface area contributed by atoms with Crippen LogP contribution >= 0.6 is 11.3 Å². The second-order valence-electron chi connectivity index (χ2n) is 4.90. The summed E-state index contributed by atoms with van der Waals surface area (Å²) in [5.74, 6) is -0.381. The Morgan fingerprint density at radius 1 is 1.38 bits per heavy atom. The monoisotopic (exact) mass is 370 g/mol. The zero-order valence-corrected chi connectivity index (χ0v) is 13.8. The number of aromatic nitrogens is 5. The molecule has 12 heteroatoms. The van der Waals surface area contributed by atoms with E-state index in [9.17, 15) is 4.79 Å². The maximum Gasteiger partial charge on any atom is 0.294 e. The molecule has 3 N–H and O–H groups in total. The number of nitrogens with zero attached hydrogens (tertiary/aromatic N) is 6. The van der Waals surface area contributed by atoms with Crippen LogP contribution in [0.5, 0.6) is 0 Å². The third-order valence-electron chi connectivity index (χ3n) is 3.26. The van der Waals surface area contributed by atoms with E-state index in [1.54, 1.807) is 6.07 Å². The van der Waals surface area contributed by atoms with Gasteiger partial charge in [-0.05, 0) is 27.8 Å². The van der Waals surface area contributed by atoms with E-state index >= 15 is 0 Å². The van der Waals surface area contributed by atoms with Crippen LogP contribution in [-0.4, -0.2) is 37.4 Å². The van der Waals surface area contributed by atoms with E-state index in [1.165, 1.54) is 34.8 Å². The molecule has 0 saturated carbocycles. The number of rotatable bonds is 5. The average Bonchev–Trinajstić information content (AvgIpc) is 3.41. The summed E-state index contributed by atoms with van der Waals surface area (Å²) in [6, 6.07) is 5.35. The summed E-state index contributed by atoms with van der Waals surface area (Å²) in [5.41, 5.74) is 9.29. The lowest BCUT2D eigenvalue weighted by Gasteiger charge is -2.02. The van der Waals surface area contributed by atoms with Gasteiger partial charge in [-0.3, -0.25) is 4.79 Å². The summed E-state index contributed by atoms with van der Waals surface area (Å²) in [6.45, 7) is 0. The minimum absolute atomic E-state index is 0.0256. The highest BCUT2D eigenvalue weighted by Crippen LogP contribution is 2.29. The Balaban J connectivity index is 1.69. The van der Waals surface area contributed by atoms with Crippen molar-refractivity contribution in [2.75, 3.05) is 5.73 Å². The number of nitrogens with two attached hydrogens (primary N) is 1. The highest BCUT2D eigenvalue weighted by Gasteiger charge is 2.25. The van der Waals surface area contributed by atoms with E-state index in [1.807, 2.05) is 17.5 Å². The van der Waals surface area contributed by atoms with Gasteiger partial charge in [0, 0.05) is 5.56 Å². The lowest BCUT2D eigenvalue weighted by Crippen LogP contribution is -2.19. The lowest BCUT2D eigenvalue weighted by molar-refractivity contribution is 0.0951. The van der Waals surface area contributed by atoms with Gasteiger partial charge in [0.05, 0.1) is 23.6 Å². The average molecular weight is 370 g/mol. The summed E-state index contributed by atoms with van der Waals surface area (Å²) in [4.78, 5) is 13.2. The molecule has 0 radical (unpaired) electrons. The van der Waals surface area contributed by atoms with Gasteiger partial charge in [-0.2, -0.15) is 9.78 Å². The van der Waals surface area contributed by atoms with E-state index in [0.29, 0.717) is 11.3 Å². The molecule has 0 aromatic carbocycles. The Labute approximate surface area is 149 Å². The highest BCUT2D eigenvalue weighted by molar-refractivity contribution is 7.13. The van der Waals surface area contributed by atoms with Crippen LogP contribution in [0.1, 0.15) is 16.1 Å². The topological polar surface area (TPSA) is 150 Å². The smallest absolute Gasteiger partial charge is 0.294 e. The third-order valence-corrected chi connectivity index (χ3v) is 4.14. The molecule has 0 spiro atoms. The predicted molar refractivity (Wildman–Crippen MR) is 90.7 cm³/mol. The molecule has 4 aromatic heterocycles. The first-order valence-corrected chi connectivity index (χ1v) is 8.05. The van der Waals surface area contributed by atoms with Crippen molar-refractivity contribution in [3.63, 3.8) is 0 Å². The molecule has 0 unspecified atom stereocenters. The molecular weight excluding hydrogens is 360 g/mol. The fraction of sp³-hybridized carbons (Fsp3) is 0. The zero-order valence-electron chi connectivity index (χ0n) is 12.9. The Morgan fingerprint density at radius 2 is 2.31 bits per heavy atom. The number of anilines is 1. The number of carbonyl (C=O) groups is 1. The van der Waals surface area contributed by atoms with Crippen LogP contribution in [0.25, 0.3) is 16.4 Å². The minimum atomic E-state index is -0.547. The number of nitrogens with one attached hydrogen (secondary N) is 1. The van der Waals surface area contributed by atoms with Crippen LogP contribution in [0.15, 0.2) is 50.3 Å². The number of hydrazone groups is 1. The summed E-state index contributed by atoms with van der Waals surface area (Å²) in [6.07, 6.45) is 4.43. The number of hydrogen-bond donors (Lipinski definition) is 2. The van der Waals surface area contributed by atoms with Crippen LogP contribution < -0.4 is 11.2 Å². The Hall–Kier alpha value is -3.80. The summed E-state index contributed by atoms with van der Waals surface area (Å²) in [7, 11) is 0. The maximum absolute atomic E-state index is 12.5. The van der Waals surface area contributed by atoms with Crippen LogP contribution in [0.4, 0.5) is 5.82 Å². The highest BCUT2D eigenvalue weighted by atomic mass is 32.1.